The van der Waals surface area contributed by atoms with Gasteiger partial charge >= 0.3 is 11.9 Å². The molecule has 0 heterocycles. The molecule has 0 spiro atoms. The predicted molar refractivity (Wildman–Crippen MR) is 213 cm³/mol. The Bertz CT molecular complexity index is 953. The Labute approximate surface area is 319 Å². The van der Waals surface area contributed by atoms with E-state index in [1.165, 1.54) is 103 Å². The molecule has 0 radical (unpaired) electrons. The fourth-order valence-electron chi connectivity index (χ4n) is 6.01. The molecule has 0 rings (SSSR count). The largest absolute Gasteiger partial charge is 0.544 e. The monoisotopic (exact) mass is 734 g/mol. The van der Waals surface area contributed by atoms with Gasteiger partial charge in [0.25, 0.3) is 0 Å². The first-order valence-electron chi connectivity index (χ1n) is 21.0. The summed E-state index contributed by atoms with van der Waals surface area (Å²) >= 11 is 0. The van der Waals surface area contributed by atoms with E-state index in [2.05, 4.69) is 38.2 Å². The number of hydrogen-bond donors (Lipinski definition) is 0. The molecule has 0 aromatic carbocycles. The van der Waals surface area contributed by atoms with Crippen LogP contribution < -0.4 is 5.11 Å². The maximum absolute atomic E-state index is 12.5. The molecule has 0 aliphatic rings. The highest BCUT2D eigenvalue weighted by Gasteiger charge is 2.25. The highest BCUT2D eigenvalue weighted by atomic mass is 16.6. The van der Waals surface area contributed by atoms with E-state index in [9.17, 15) is 19.5 Å². The van der Waals surface area contributed by atoms with Gasteiger partial charge in [-0.1, -0.05) is 140 Å². The van der Waals surface area contributed by atoms with Crippen LogP contribution in [0.4, 0.5) is 0 Å². The summed E-state index contributed by atoms with van der Waals surface area (Å²) in [6.45, 7) is 4.44. The molecule has 0 fully saturated rings. The molecule has 0 saturated heterocycles. The van der Waals surface area contributed by atoms with Crippen LogP contribution in [0, 0.1) is 0 Å². The number of hydrogen-bond acceptors (Lipinski definition) is 7. The number of aliphatic carboxylic acids is 1. The molecule has 2 atom stereocenters. The second-order valence-electron chi connectivity index (χ2n) is 15.2. The molecular weight excluding hydrogens is 654 g/mol. The van der Waals surface area contributed by atoms with Gasteiger partial charge in [0.15, 0.2) is 6.10 Å². The lowest BCUT2D eigenvalue weighted by Gasteiger charge is -2.34. The van der Waals surface area contributed by atoms with Crippen LogP contribution in [0.3, 0.4) is 0 Å². The van der Waals surface area contributed by atoms with E-state index in [1.54, 1.807) is 21.1 Å². The predicted octanol–water partition coefficient (Wildman–Crippen LogP) is 9.74. The van der Waals surface area contributed by atoms with Crippen LogP contribution in [-0.4, -0.2) is 75.5 Å². The summed E-state index contributed by atoms with van der Waals surface area (Å²) in [6.07, 6.45) is 39.4. The van der Waals surface area contributed by atoms with Crippen LogP contribution in [0.2, 0.25) is 0 Å². The standard InChI is InChI=1S/C44H79NO7/c1-6-8-10-12-14-15-16-17-18-19-20-21-22-23-24-25-26-27-29-30-32-34-42(46)51-39-40(38-50-37-36-41(44(48)49)45(3,4)5)52-43(47)35-33-31-28-13-11-9-7-2/h9,11,21-22,28,31,40-41H,6-8,10,12-20,23-27,29-30,32-39H2,1-5H3/b11-9+,22-21+,31-28+. The van der Waals surface area contributed by atoms with Crippen molar-refractivity contribution in [3.8, 4) is 0 Å². The molecule has 0 bridgehead atoms. The highest BCUT2D eigenvalue weighted by molar-refractivity contribution is 5.70. The zero-order valence-electron chi connectivity index (χ0n) is 34.2. The third-order valence-corrected chi connectivity index (χ3v) is 9.27. The van der Waals surface area contributed by atoms with E-state index < -0.39 is 24.1 Å². The number of carbonyl (C=O) groups excluding carboxylic acids is 3. The average molecular weight is 734 g/mol. The van der Waals surface area contributed by atoms with Crippen LogP contribution in [0.15, 0.2) is 36.5 Å². The van der Waals surface area contributed by atoms with Crippen LogP contribution in [0.25, 0.3) is 0 Å². The molecule has 0 N–H and O–H groups in total. The summed E-state index contributed by atoms with van der Waals surface area (Å²) < 4.78 is 17.0. The third kappa shape index (κ3) is 33.4. The molecule has 8 nitrogen and oxygen atoms in total. The normalized spacial score (nSPS) is 13.3. The lowest BCUT2D eigenvalue weighted by molar-refractivity contribution is -0.889. The van der Waals surface area contributed by atoms with Gasteiger partial charge in [-0.2, -0.15) is 0 Å². The SMILES string of the molecule is CC/C=C/C/C=C/CCC(=O)OC(COCCC(C(=O)[O-])[N+](C)(C)C)COC(=O)CCCCCCCCC/C=C/CCCCCCCCCCCC. The number of esters is 2. The third-order valence-electron chi connectivity index (χ3n) is 9.27. The van der Waals surface area contributed by atoms with Gasteiger partial charge < -0.3 is 28.6 Å². The van der Waals surface area contributed by atoms with E-state index in [-0.39, 0.29) is 43.1 Å². The summed E-state index contributed by atoms with van der Waals surface area (Å²) in [4.78, 5) is 36.5. The number of likely N-dealkylation sites (N-methyl/N-ethyl adjacent to an activating group) is 1. The van der Waals surface area contributed by atoms with E-state index in [0.717, 1.165) is 32.1 Å². The van der Waals surface area contributed by atoms with E-state index in [0.29, 0.717) is 12.8 Å². The maximum atomic E-state index is 12.5. The van der Waals surface area contributed by atoms with Gasteiger partial charge in [0.2, 0.25) is 0 Å². The van der Waals surface area contributed by atoms with Gasteiger partial charge in [0.1, 0.15) is 12.6 Å². The number of unbranched alkanes of at least 4 members (excludes halogenated alkanes) is 17. The Balaban J connectivity index is 4.18. The number of carboxylic acids is 1. The van der Waals surface area contributed by atoms with Crippen LogP contribution in [-0.2, 0) is 28.6 Å². The molecule has 52 heavy (non-hydrogen) atoms. The first-order valence-corrected chi connectivity index (χ1v) is 21.0. The van der Waals surface area contributed by atoms with E-state index >= 15 is 0 Å². The Kier molecular flexibility index (Phi) is 33.9. The van der Waals surface area contributed by atoms with Gasteiger partial charge in [-0.25, -0.2) is 0 Å². The number of rotatable bonds is 37. The molecule has 0 aliphatic heterocycles. The quantitative estimate of drug-likeness (QED) is 0.0271. The first kappa shape index (κ1) is 49.6. The fraction of sp³-hybridized carbons (Fsp3) is 0.795. The van der Waals surface area contributed by atoms with Gasteiger partial charge in [0, 0.05) is 19.3 Å². The lowest BCUT2D eigenvalue weighted by Crippen LogP contribution is -2.55. The Hall–Kier alpha value is -2.45. The minimum Gasteiger partial charge on any atom is -0.544 e. The molecule has 0 amide bonds. The smallest absolute Gasteiger partial charge is 0.306 e. The van der Waals surface area contributed by atoms with Crippen LogP contribution in [0.5, 0.6) is 0 Å². The van der Waals surface area contributed by atoms with Crippen molar-refractivity contribution < 1.29 is 38.2 Å². The van der Waals surface area contributed by atoms with Crippen molar-refractivity contribution in [2.24, 2.45) is 0 Å². The van der Waals surface area contributed by atoms with Crippen molar-refractivity contribution in [2.45, 2.75) is 187 Å². The first-order chi connectivity index (χ1) is 25.1. The Morgan fingerprint density at radius 3 is 1.65 bits per heavy atom. The summed E-state index contributed by atoms with van der Waals surface area (Å²) in [5.74, 6) is -1.84. The molecule has 0 aliphatic carbocycles. The van der Waals surface area contributed by atoms with Crippen molar-refractivity contribution in [2.75, 3.05) is 41.0 Å². The van der Waals surface area contributed by atoms with E-state index in [1.807, 2.05) is 12.2 Å². The Morgan fingerprint density at radius 2 is 1.12 bits per heavy atom. The minimum atomic E-state index is -1.14. The second-order valence-corrected chi connectivity index (χ2v) is 15.2. The van der Waals surface area contributed by atoms with E-state index in [4.69, 9.17) is 14.2 Å². The zero-order valence-corrected chi connectivity index (χ0v) is 34.2. The lowest BCUT2D eigenvalue weighted by atomic mass is 10.1. The fourth-order valence-corrected chi connectivity index (χ4v) is 6.01. The summed E-state index contributed by atoms with van der Waals surface area (Å²) in [6, 6.07) is -0.733. The van der Waals surface area contributed by atoms with Crippen molar-refractivity contribution in [3.05, 3.63) is 36.5 Å². The molecule has 8 heteroatoms. The average Bonchev–Trinajstić information content (AvgIpc) is 3.09. The molecule has 0 aromatic rings. The second kappa shape index (κ2) is 35.6. The van der Waals surface area contributed by atoms with Gasteiger partial charge in [-0.15, -0.1) is 0 Å². The number of nitrogens with zero attached hydrogens (tertiary/aromatic N) is 1. The topological polar surface area (TPSA) is 102 Å². The number of quaternary nitrogens is 1. The maximum Gasteiger partial charge on any atom is 0.306 e. The summed E-state index contributed by atoms with van der Waals surface area (Å²) in [7, 11) is 5.37. The number of ether oxygens (including phenoxy) is 3. The number of carbonyl (C=O) groups is 3. The zero-order chi connectivity index (χ0) is 38.5. The van der Waals surface area contributed by atoms with Crippen LogP contribution in [0.1, 0.15) is 174 Å². The van der Waals surface area contributed by atoms with Gasteiger partial charge in [-0.05, 0) is 51.4 Å². The van der Waals surface area contributed by atoms with Crippen LogP contribution >= 0.6 is 0 Å². The molecule has 2 unspecified atom stereocenters. The molecular formula is C44H79NO7. The van der Waals surface area contributed by atoms with Gasteiger partial charge in [0.05, 0.1) is 40.3 Å². The Morgan fingerprint density at radius 1 is 0.596 bits per heavy atom. The van der Waals surface area contributed by atoms with Crippen molar-refractivity contribution in [1.82, 2.24) is 0 Å². The highest BCUT2D eigenvalue weighted by Crippen LogP contribution is 2.14. The van der Waals surface area contributed by atoms with Crippen molar-refractivity contribution in [3.63, 3.8) is 0 Å². The van der Waals surface area contributed by atoms with Crippen molar-refractivity contribution in [1.29, 1.82) is 0 Å². The molecule has 0 aromatic heterocycles. The van der Waals surface area contributed by atoms with Crippen molar-refractivity contribution >= 4 is 17.9 Å². The molecule has 0 saturated carbocycles. The summed E-state index contributed by atoms with van der Waals surface area (Å²) in [5.41, 5.74) is 0. The minimum absolute atomic E-state index is 0.0166. The van der Waals surface area contributed by atoms with Gasteiger partial charge in [-0.3, -0.25) is 9.59 Å². The number of allylic oxidation sites excluding steroid dienone is 6. The number of carboxylic acid groups (broad SMARTS) is 1. The summed E-state index contributed by atoms with van der Waals surface area (Å²) in [5, 5.41) is 11.6. The molecule has 302 valence electrons.